The van der Waals surface area contributed by atoms with Crippen LogP contribution in [0.2, 0.25) is 0 Å². The molecule has 0 N–H and O–H groups in total. The van der Waals surface area contributed by atoms with Crippen LogP contribution < -0.4 is 38.2 Å². The Bertz CT molecular complexity index is 3230. The zero-order valence-corrected chi connectivity index (χ0v) is 30.9. The van der Waals surface area contributed by atoms with E-state index >= 15 is 0 Å². The van der Waals surface area contributed by atoms with E-state index in [1.807, 2.05) is 53.1 Å². The largest absolute Gasteiger partial charge is 0.311 e. The molecule has 2 aromatic heterocycles. The Morgan fingerprint density at radius 2 is 0.719 bits per heavy atom. The number of hydrogen-bond acceptors (Lipinski definition) is 0. The second kappa shape index (κ2) is 13.5. The first-order chi connectivity index (χ1) is 27.7. The van der Waals surface area contributed by atoms with Crippen molar-refractivity contribution in [1.29, 1.82) is 0 Å². The maximum Gasteiger partial charge on any atom is 0.115 e. The number of nitrogens with zero attached hydrogens (tertiary/aromatic N) is 2. The highest BCUT2D eigenvalue weighted by molar-refractivity contribution is 6.69. The topological polar surface area (TPSA) is 9.86 Å². The lowest BCUT2D eigenvalue weighted by atomic mass is 9.64. The summed E-state index contributed by atoms with van der Waals surface area (Å²) >= 11 is 0. The van der Waals surface area contributed by atoms with E-state index in [4.69, 9.17) is 54.9 Å². The molecule has 0 aliphatic carbocycles. The Labute approximate surface area is 340 Å². The lowest BCUT2D eigenvalue weighted by Crippen LogP contribution is -2.48. The van der Waals surface area contributed by atoms with Gasteiger partial charge >= 0.3 is 0 Å². The lowest BCUT2D eigenvalue weighted by Gasteiger charge is -2.19. The van der Waals surface area contributed by atoms with Gasteiger partial charge in [-0.05, 0) is 87.3 Å². The number of hydrogen-bond donors (Lipinski definition) is 0. The normalized spacial score (nSPS) is 11.6. The highest BCUT2D eigenvalue weighted by atomic mass is 15.0. The van der Waals surface area contributed by atoms with Crippen LogP contribution in [-0.2, 0) is 0 Å². The molecule has 0 saturated heterocycles. The molecule has 0 unspecified atom stereocenters. The van der Waals surface area contributed by atoms with Gasteiger partial charge in [0, 0.05) is 38.6 Å². The van der Waals surface area contributed by atoms with E-state index < -0.39 is 0 Å². The van der Waals surface area contributed by atoms with E-state index in [1.165, 1.54) is 0 Å². The summed E-state index contributed by atoms with van der Waals surface area (Å²) in [5, 5.41) is 3.26. The molecule has 0 atom stereocenters. The molecule has 0 aliphatic rings. The molecule has 0 aliphatic heterocycles. The second-order valence-corrected chi connectivity index (χ2v) is 14.5. The predicted octanol–water partition coefficient (Wildman–Crippen LogP) is 4.44. The fourth-order valence-electron chi connectivity index (χ4n) is 8.54. The van der Waals surface area contributed by atoms with Crippen LogP contribution in [0.5, 0.6) is 0 Å². The van der Waals surface area contributed by atoms with E-state index in [0.29, 0.717) is 43.8 Å². The second-order valence-electron chi connectivity index (χ2n) is 14.5. The molecule has 2 heterocycles. The first-order valence-electron chi connectivity index (χ1n) is 18.6. The van der Waals surface area contributed by atoms with Crippen molar-refractivity contribution in [3.63, 3.8) is 0 Å². The molecule has 57 heavy (non-hydrogen) atoms. The van der Waals surface area contributed by atoms with Crippen LogP contribution in [0, 0.1) is 0 Å². The van der Waals surface area contributed by atoms with Gasteiger partial charge in [-0.25, -0.2) is 0 Å². The molecule has 0 saturated carbocycles. The molecular weight excluding hydrogens is 680 g/mol. The zero-order valence-electron chi connectivity index (χ0n) is 30.9. The minimum Gasteiger partial charge on any atom is -0.311 e. The van der Waals surface area contributed by atoms with Crippen LogP contribution in [-0.4, -0.2) is 64.1 Å². The summed E-state index contributed by atoms with van der Waals surface area (Å²) in [5.74, 6) is 0. The van der Waals surface area contributed by atoms with Gasteiger partial charge in [0.25, 0.3) is 0 Å². The first kappa shape index (κ1) is 35.2. The summed E-state index contributed by atoms with van der Waals surface area (Å²) in [7, 11) is 47.9. The molecule has 10 aromatic rings. The quantitative estimate of drug-likeness (QED) is 0.235. The van der Waals surface area contributed by atoms with Gasteiger partial charge in [0.05, 0.1) is 11.0 Å². The van der Waals surface area contributed by atoms with Crippen molar-refractivity contribution in [2.24, 2.45) is 0 Å². The summed E-state index contributed by atoms with van der Waals surface area (Å²) in [6.45, 7) is 0. The van der Waals surface area contributed by atoms with Gasteiger partial charge in [-0.2, -0.15) is 0 Å². The van der Waals surface area contributed by atoms with Crippen LogP contribution >= 0.6 is 0 Å². The number of aromatic nitrogens is 2. The van der Waals surface area contributed by atoms with E-state index in [1.54, 1.807) is 0 Å². The van der Waals surface area contributed by atoms with Crippen molar-refractivity contribution in [3.05, 3.63) is 152 Å². The Hall–Kier alpha value is -6.19. The molecule has 14 radical (unpaired) electrons. The smallest absolute Gasteiger partial charge is 0.115 e. The summed E-state index contributed by atoms with van der Waals surface area (Å²) in [4.78, 5) is 0. The van der Waals surface area contributed by atoms with Crippen LogP contribution in [0.15, 0.2) is 152 Å². The third-order valence-electron chi connectivity index (χ3n) is 11.3. The minimum absolute atomic E-state index is 0.184. The molecule has 9 heteroatoms. The molecule has 2 nitrogen and oxygen atoms in total. The number of para-hydroxylation sites is 1. The predicted molar refractivity (Wildman–Crippen MR) is 249 cm³/mol. The molecular formula is C48H25B7N2. The first-order valence-corrected chi connectivity index (χ1v) is 18.6. The van der Waals surface area contributed by atoms with E-state index in [0.717, 1.165) is 61.0 Å². The van der Waals surface area contributed by atoms with E-state index in [9.17, 15) is 0 Å². The van der Waals surface area contributed by atoms with Crippen molar-refractivity contribution >= 4 is 137 Å². The molecule has 0 fully saturated rings. The van der Waals surface area contributed by atoms with Gasteiger partial charge in [-0.1, -0.05) is 130 Å². The SMILES string of the molecule is [B]c1c([B])c([B])c2c(c1[B])c1c([B])c(-c3ccc4c(c3)c3cc(-c5ccccc5)ccc3n4-c3ccc(-c4ccccc4)cc3)c([B])c([B])c1n2-c1ccccc1. The van der Waals surface area contributed by atoms with Crippen LogP contribution in [0.3, 0.4) is 0 Å². The van der Waals surface area contributed by atoms with Gasteiger partial charge in [0.15, 0.2) is 0 Å². The van der Waals surface area contributed by atoms with Crippen LogP contribution in [0.1, 0.15) is 0 Å². The van der Waals surface area contributed by atoms with E-state index in [-0.39, 0.29) is 21.9 Å². The monoisotopic (exact) mass is 706 g/mol. The Balaban J connectivity index is 1.26. The standard InChI is InChI=1S/C48H25B7N2/c49-40-37(41(50)45(54)47-38(40)39-42(51)43(52)44(53)46(55)48(39)57(47)31-14-8-3-9-15-31)30-19-23-36-34(25-30)33-24-29(27-12-6-2-7-13-27)18-22-35(33)56(36)32-20-16-28(17-21-32)26-10-4-1-5-11-26/h1-25H. The molecule has 0 bridgehead atoms. The molecule has 0 spiro atoms. The van der Waals surface area contributed by atoms with Gasteiger partial charge in [-0.3, -0.25) is 0 Å². The van der Waals surface area contributed by atoms with Gasteiger partial charge in [0.2, 0.25) is 0 Å². The number of fused-ring (bicyclic) bond motifs is 6. The molecule has 0 amide bonds. The Kier molecular flexibility index (Phi) is 8.34. The van der Waals surface area contributed by atoms with Crippen molar-refractivity contribution in [2.45, 2.75) is 0 Å². The summed E-state index contributed by atoms with van der Waals surface area (Å²) in [5.41, 5.74) is 13.0. The van der Waals surface area contributed by atoms with Gasteiger partial charge in [0.1, 0.15) is 54.9 Å². The van der Waals surface area contributed by atoms with Gasteiger partial charge < -0.3 is 9.13 Å². The van der Waals surface area contributed by atoms with Crippen molar-refractivity contribution in [1.82, 2.24) is 9.13 Å². The average Bonchev–Trinajstić information content (AvgIpc) is 3.79. The fraction of sp³-hybridized carbons (Fsp3) is 0. The molecule has 8 aromatic carbocycles. The third-order valence-corrected chi connectivity index (χ3v) is 11.3. The average molecular weight is 705 g/mol. The van der Waals surface area contributed by atoms with Crippen molar-refractivity contribution in [3.8, 4) is 44.8 Å². The maximum absolute atomic E-state index is 7.28. The highest BCUT2D eigenvalue weighted by Gasteiger charge is 2.24. The minimum atomic E-state index is 0.184. The van der Waals surface area contributed by atoms with E-state index in [2.05, 4.69) is 108 Å². The molecule has 10 rings (SSSR count). The Morgan fingerprint density at radius 1 is 0.298 bits per heavy atom. The van der Waals surface area contributed by atoms with Crippen LogP contribution in [0.4, 0.5) is 0 Å². The van der Waals surface area contributed by atoms with Crippen molar-refractivity contribution < 1.29 is 0 Å². The zero-order chi connectivity index (χ0) is 39.1. The Morgan fingerprint density at radius 3 is 1.32 bits per heavy atom. The number of benzene rings is 8. The highest BCUT2D eigenvalue weighted by Crippen LogP contribution is 2.38. The summed E-state index contributed by atoms with van der Waals surface area (Å²) in [6, 6.07) is 52.0. The summed E-state index contributed by atoms with van der Waals surface area (Å²) < 4.78 is 4.22. The lowest BCUT2D eigenvalue weighted by molar-refractivity contribution is 1.18. The third kappa shape index (κ3) is 5.36. The maximum atomic E-state index is 7.28. The van der Waals surface area contributed by atoms with Gasteiger partial charge in [-0.15, -0.1) is 10.9 Å². The van der Waals surface area contributed by atoms with Crippen LogP contribution in [0.25, 0.3) is 88.4 Å². The van der Waals surface area contributed by atoms with Crippen molar-refractivity contribution in [2.75, 3.05) is 0 Å². The molecule has 248 valence electrons. The number of rotatable bonds is 5. The summed E-state index contributed by atoms with van der Waals surface area (Å²) in [6.07, 6.45) is 0. The fourth-order valence-corrected chi connectivity index (χ4v) is 8.54.